The Morgan fingerprint density at radius 1 is 1.28 bits per heavy atom. The molecule has 1 aliphatic rings. The van der Waals surface area contributed by atoms with Crippen molar-refractivity contribution in [3.8, 4) is 5.75 Å². The van der Waals surface area contributed by atoms with Gasteiger partial charge in [0.05, 0.1) is 0 Å². The molecule has 2 nitrogen and oxygen atoms in total. The molecule has 0 aromatic heterocycles. The first kappa shape index (κ1) is 13.8. The third-order valence-electron chi connectivity index (χ3n) is 3.26. The highest BCUT2D eigenvalue weighted by atomic mass is 32.2. The lowest BCUT2D eigenvalue weighted by molar-refractivity contribution is 0.257. The Morgan fingerprint density at radius 2 is 1.94 bits per heavy atom. The van der Waals surface area contributed by atoms with Crippen molar-refractivity contribution in [1.82, 2.24) is 5.32 Å². The fraction of sp³-hybridized carbons (Fsp3) is 0.600. The predicted octanol–water partition coefficient (Wildman–Crippen LogP) is 3.25. The molecule has 100 valence electrons. The first-order valence-electron chi connectivity index (χ1n) is 6.77. The van der Waals surface area contributed by atoms with Gasteiger partial charge in [-0.1, -0.05) is 17.7 Å². The Kier molecular flexibility index (Phi) is 5.39. The summed E-state index contributed by atoms with van der Waals surface area (Å²) in [6, 6.07) is 9.36. The number of hydrogen-bond acceptors (Lipinski definition) is 3. The van der Waals surface area contributed by atoms with Crippen molar-refractivity contribution in [3.63, 3.8) is 0 Å². The second-order valence-electron chi connectivity index (χ2n) is 5.08. The number of ether oxygens (including phenoxy) is 1. The smallest absolute Gasteiger partial charge is 0.119 e. The summed E-state index contributed by atoms with van der Waals surface area (Å²) in [6.45, 7) is 5.04. The zero-order valence-corrected chi connectivity index (χ0v) is 12.1. The lowest BCUT2D eigenvalue weighted by Gasteiger charge is -2.26. The maximum absolute atomic E-state index is 5.80. The SMILES string of the molecule is Cc1ccc(OCC(C)NC2CCSCC2)cc1. The summed E-state index contributed by atoms with van der Waals surface area (Å²) in [5, 5.41) is 3.66. The largest absolute Gasteiger partial charge is 0.492 e. The van der Waals surface area contributed by atoms with Crippen LogP contribution < -0.4 is 10.1 Å². The Hall–Kier alpha value is -0.670. The molecule has 2 rings (SSSR count). The Morgan fingerprint density at radius 3 is 2.61 bits per heavy atom. The van der Waals surface area contributed by atoms with E-state index in [1.165, 1.54) is 29.9 Å². The number of hydrogen-bond donors (Lipinski definition) is 1. The van der Waals surface area contributed by atoms with E-state index in [4.69, 9.17) is 4.74 Å². The highest BCUT2D eigenvalue weighted by Gasteiger charge is 2.15. The number of rotatable bonds is 5. The van der Waals surface area contributed by atoms with Crippen molar-refractivity contribution in [1.29, 1.82) is 0 Å². The van der Waals surface area contributed by atoms with Crippen LogP contribution in [0.5, 0.6) is 5.75 Å². The average Bonchev–Trinajstić information content (AvgIpc) is 2.39. The van der Waals surface area contributed by atoms with Gasteiger partial charge in [0.2, 0.25) is 0 Å². The molecule has 1 unspecified atom stereocenters. The topological polar surface area (TPSA) is 21.3 Å². The third-order valence-corrected chi connectivity index (χ3v) is 4.31. The van der Waals surface area contributed by atoms with Crippen LogP contribution in [-0.4, -0.2) is 30.2 Å². The molecule has 0 aliphatic carbocycles. The van der Waals surface area contributed by atoms with Crippen LogP contribution in [0.1, 0.15) is 25.3 Å². The van der Waals surface area contributed by atoms with Gasteiger partial charge in [0, 0.05) is 12.1 Å². The van der Waals surface area contributed by atoms with Crippen LogP contribution in [0.4, 0.5) is 0 Å². The average molecular weight is 265 g/mol. The molecule has 1 aliphatic heterocycles. The van der Waals surface area contributed by atoms with Gasteiger partial charge < -0.3 is 10.1 Å². The predicted molar refractivity (Wildman–Crippen MR) is 79.6 cm³/mol. The van der Waals surface area contributed by atoms with Gasteiger partial charge in [-0.25, -0.2) is 0 Å². The lowest BCUT2D eigenvalue weighted by Crippen LogP contribution is -2.41. The van der Waals surface area contributed by atoms with Crippen LogP contribution in [0.15, 0.2) is 24.3 Å². The van der Waals surface area contributed by atoms with E-state index in [0.717, 1.165) is 12.4 Å². The molecule has 1 fully saturated rings. The molecule has 1 N–H and O–H groups in total. The van der Waals surface area contributed by atoms with Crippen LogP contribution in [0.25, 0.3) is 0 Å². The van der Waals surface area contributed by atoms with Gasteiger partial charge in [-0.05, 0) is 50.3 Å². The fourth-order valence-corrected chi connectivity index (χ4v) is 3.28. The van der Waals surface area contributed by atoms with E-state index in [1.54, 1.807) is 0 Å². The van der Waals surface area contributed by atoms with Gasteiger partial charge in [-0.2, -0.15) is 11.8 Å². The normalized spacial score (nSPS) is 18.6. The first-order valence-corrected chi connectivity index (χ1v) is 7.93. The van der Waals surface area contributed by atoms with Gasteiger partial charge in [-0.15, -0.1) is 0 Å². The van der Waals surface area contributed by atoms with E-state index in [9.17, 15) is 0 Å². The molecule has 0 bridgehead atoms. The van der Waals surface area contributed by atoms with Crippen LogP contribution in [0.3, 0.4) is 0 Å². The minimum atomic E-state index is 0.416. The summed E-state index contributed by atoms with van der Waals surface area (Å²) in [5.74, 6) is 3.56. The van der Waals surface area contributed by atoms with Crippen LogP contribution in [0, 0.1) is 6.92 Å². The highest BCUT2D eigenvalue weighted by molar-refractivity contribution is 7.99. The Balaban J connectivity index is 1.70. The molecule has 0 radical (unpaired) electrons. The molecule has 1 saturated heterocycles. The molecule has 1 aromatic rings. The summed E-state index contributed by atoms with van der Waals surface area (Å²) < 4.78 is 5.80. The summed E-state index contributed by atoms with van der Waals surface area (Å²) in [6.07, 6.45) is 2.58. The Labute approximate surface area is 114 Å². The van der Waals surface area contributed by atoms with E-state index in [0.29, 0.717) is 12.1 Å². The number of thioether (sulfide) groups is 1. The van der Waals surface area contributed by atoms with E-state index < -0.39 is 0 Å². The zero-order valence-electron chi connectivity index (χ0n) is 11.3. The van der Waals surface area contributed by atoms with Crippen LogP contribution in [0.2, 0.25) is 0 Å². The van der Waals surface area contributed by atoms with Crippen molar-refractivity contribution in [3.05, 3.63) is 29.8 Å². The van der Waals surface area contributed by atoms with Gasteiger partial charge >= 0.3 is 0 Å². The van der Waals surface area contributed by atoms with Crippen molar-refractivity contribution in [2.45, 2.75) is 38.8 Å². The van der Waals surface area contributed by atoms with E-state index in [1.807, 2.05) is 12.1 Å². The minimum Gasteiger partial charge on any atom is -0.492 e. The summed E-state index contributed by atoms with van der Waals surface area (Å²) in [4.78, 5) is 0. The second kappa shape index (κ2) is 7.05. The first-order chi connectivity index (χ1) is 8.74. The molecule has 1 aromatic carbocycles. The van der Waals surface area contributed by atoms with Gasteiger partial charge in [0.15, 0.2) is 0 Å². The minimum absolute atomic E-state index is 0.416. The maximum Gasteiger partial charge on any atom is 0.119 e. The third kappa shape index (κ3) is 4.54. The summed E-state index contributed by atoms with van der Waals surface area (Å²) in [5.41, 5.74) is 1.27. The monoisotopic (exact) mass is 265 g/mol. The van der Waals surface area contributed by atoms with E-state index >= 15 is 0 Å². The van der Waals surface area contributed by atoms with Gasteiger partial charge in [0.1, 0.15) is 12.4 Å². The fourth-order valence-electron chi connectivity index (χ4n) is 2.17. The maximum atomic E-state index is 5.80. The second-order valence-corrected chi connectivity index (χ2v) is 6.30. The zero-order chi connectivity index (χ0) is 12.8. The Bertz CT molecular complexity index is 346. The lowest BCUT2D eigenvalue weighted by atomic mass is 10.1. The quantitative estimate of drug-likeness (QED) is 0.883. The van der Waals surface area contributed by atoms with Gasteiger partial charge in [0.25, 0.3) is 0 Å². The van der Waals surface area contributed by atoms with Crippen molar-refractivity contribution >= 4 is 11.8 Å². The van der Waals surface area contributed by atoms with Crippen molar-refractivity contribution in [2.75, 3.05) is 18.1 Å². The van der Waals surface area contributed by atoms with Gasteiger partial charge in [-0.3, -0.25) is 0 Å². The molecule has 18 heavy (non-hydrogen) atoms. The molecule has 0 spiro atoms. The number of benzene rings is 1. The van der Waals surface area contributed by atoms with E-state index in [2.05, 4.69) is 43.1 Å². The standard InChI is InChI=1S/C15H23NOS/c1-12-3-5-15(6-4-12)17-11-13(2)16-14-7-9-18-10-8-14/h3-6,13-14,16H,7-11H2,1-2H3. The molecule has 1 atom stereocenters. The summed E-state index contributed by atoms with van der Waals surface area (Å²) >= 11 is 2.07. The molecule has 3 heteroatoms. The molecule has 0 saturated carbocycles. The molecular weight excluding hydrogens is 242 g/mol. The number of aryl methyl sites for hydroxylation is 1. The summed E-state index contributed by atoms with van der Waals surface area (Å²) in [7, 11) is 0. The van der Waals surface area contributed by atoms with E-state index in [-0.39, 0.29) is 0 Å². The molecular formula is C15H23NOS. The van der Waals surface area contributed by atoms with Crippen LogP contribution in [-0.2, 0) is 0 Å². The van der Waals surface area contributed by atoms with Crippen LogP contribution >= 0.6 is 11.8 Å². The molecule has 1 heterocycles. The highest BCUT2D eigenvalue weighted by Crippen LogP contribution is 2.17. The molecule has 0 amide bonds. The number of nitrogens with one attached hydrogen (secondary N) is 1. The van der Waals surface area contributed by atoms with Crippen molar-refractivity contribution < 1.29 is 4.74 Å². The van der Waals surface area contributed by atoms with Crippen molar-refractivity contribution in [2.24, 2.45) is 0 Å².